The summed E-state index contributed by atoms with van der Waals surface area (Å²) < 4.78 is 48.3. The van der Waals surface area contributed by atoms with Crippen molar-refractivity contribution in [2.45, 2.75) is 24.5 Å². The zero-order valence-corrected chi connectivity index (χ0v) is 13.1. The van der Waals surface area contributed by atoms with Crippen molar-refractivity contribution >= 4 is 27.1 Å². The van der Waals surface area contributed by atoms with Gasteiger partial charge in [0.05, 0.1) is 16.3 Å². The second-order valence-corrected chi connectivity index (χ2v) is 6.59. The lowest BCUT2D eigenvalue weighted by atomic mass is 10.1. The molecule has 1 aromatic rings. The van der Waals surface area contributed by atoms with Crippen molar-refractivity contribution in [3.8, 4) is 0 Å². The minimum atomic E-state index is -4.73. The normalized spacial score (nSPS) is 13.0. The monoisotopic (exact) mass is 335 g/mol. The van der Waals surface area contributed by atoms with E-state index < -0.39 is 32.3 Å². The van der Waals surface area contributed by atoms with Crippen molar-refractivity contribution in [1.82, 2.24) is 0 Å². The van der Waals surface area contributed by atoms with Gasteiger partial charge in [0, 0.05) is 19.0 Å². The SMILES string of the molecule is CCNc1ccc(S(=O)(=O)C(F)F)cc1NC(=O)C(C)CN. The Hall–Kier alpha value is -1.74. The molecule has 1 rings (SSSR count). The highest BCUT2D eigenvalue weighted by molar-refractivity contribution is 7.91. The molecule has 0 bridgehead atoms. The van der Waals surface area contributed by atoms with Crippen molar-refractivity contribution in [3.05, 3.63) is 18.2 Å². The highest BCUT2D eigenvalue weighted by atomic mass is 32.2. The van der Waals surface area contributed by atoms with Crippen molar-refractivity contribution in [1.29, 1.82) is 0 Å². The number of halogens is 2. The third-order valence-corrected chi connectivity index (χ3v) is 4.36. The van der Waals surface area contributed by atoms with Crippen LogP contribution in [0.2, 0.25) is 0 Å². The molecule has 0 radical (unpaired) electrons. The smallest absolute Gasteiger partial charge is 0.341 e. The summed E-state index contributed by atoms with van der Waals surface area (Å²) in [5.74, 6) is -4.44. The van der Waals surface area contributed by atoms with Crippen LogP contribution in [-0.2, 0) is 14.6 Å². The molecule has 0 aliphatic heterocycles. The Morgan fingerprint density at radius 2 is 1.95 bits per heavy atom. The van der Waals surface area contributed by atoms with E-state index in [1.54, 1.807) is 13.8 Å². The van der Waals surface area contributed by atoms with Gasteiger partial charge in [-0.1, -0.05) is 6.92 Å². The minimum Gasteiger partial charge on any atom is -0.384 e. The Bertz CT molecular complexity index is 635. The number of hydrogen-bond donors (Lipinski definition) is 3. The molecule has 6 nitrogen and oxygen atoms in total. The van der Waals surface area contributed by atoms with Crippen molar-refractivity contribution < 1.29 is 22.0 Å². The maximum absolute atomic E-state index is 12.6. The van der Waals surface area contributed by atoms with Crippen LogP contribution in [-0.4, -0.2) is 33.2 Å². The molecular formula is C13H19F2N3O3S. The molecule has 4 N–H and O–H groups in total. The number of benzene rings is 1. The summed E-state index contributed by atoms with van der Waals surface area (Å²) in [6, 6.07) is 3.42. The van der Waals surface area contributed by atoms with E-state index in [4.69, 9.17) is 5.73 Å². The van der Waals surface area contributed by atoms with Gasteiger partial charge in [0.2, 0.25) is 15.7 Å². The molecular weight excluding hydrogens is 316 g/mol. The molecule has 1 amide bonds. The number of amides is 1. The van der Waals surface area contributed by atoms with Crippen LogP contribution in [0.3, 0.4) is 0 Å². The second-order valence-electron chi connectivity index (χ2n) is 4.67. The quantitative estimate of drug-likeness (QED) is 0.703. The van der Waals surface area contributed by atoms with E-state index >= 15 is 0 Å². The maximum atomic E-state index is 12.6. The highest BCUT2D eigenvalue weighted by Crippen LogP contribution is 2.28. The first-order valence-electron chi connectivity index (χ1n) is 6.64. The van der Waals surface area contributed by atoms with E-state index in [0.717, 1.165) is 12.1 Å². The van der Waals surface area contributed by atoms with Crippen molar-refractivity contribution in [2.75, 3.05) is 23.7 Å². The van der Waals surface area contributed by atoms with Crippen LogP contribution in [0.15, 0.2) is 23.1 Å². The summed E-state index contributed by atoms with van der Waals surface area (Å²) in [6.45, 7) is 4.02. The summed E-state index contributed by atoms with van der Waals surface area (Å²) in [5, 5.41) is 5.42. The van der Waals surface area contributed by atoms with E-state index in [2.05, 4.69) is 10.6 Å². The zero-order valence-electron chi connectivity index (χ0n) is 12.3. The fraction of sp³-hybridized carbons (Fsp3) is 0.462. The van der Waals surface area contributed by atoms with Gasteiger partial charge in [-0.2, -0.15) is 8.78 Å². The first kappa shape index (κ1) is 18.3. The van der Waals surface area contributed by atoms with Crippen LogP contribution in [0.1, 0.15) is 13.8 Å². The van der Waals surface area contributed by atoms with E-state index in [0.29, 0.717) is 12.2 Å². The molecule has 0 fully saturated rings. The minimum absolute atomic E-state index is 0.109. The number of nitrogens with one attached hydrogen (secondary N) is 2. The summed E-state index contributed by atoms with van der Waals surface area (Å²) in [5.41, 5.74) is 5.95. The zero-order chi connectivity index (χ0) is 16.9. The third-order valence-electron chi connectivity index (χ3n) is 2.98. The van der Waals surface area contributed by atoms with Gasteiger partial charge in [-0.15, -0.1) is 0 Å². The highest BCUT2D eigenvalue weighted by Gasteiger charge is 2.27. The Morgan fingerprint density at radius 3 is 2.45 bits per heavy atom. The van der Waals surface area contributed by atoms with Crippen LogP contribution < -0.4 is 16.4 Å². The van der Waals surface area contributed by atoms with Gasteiger partial charge in [0.15, 0.2) is 0 Å². The first-order chi connectivity index (χ1) is 10.2. The van der Waals surface area contributed by atoms with Gasteiger partial charge >= 0.3 is 5.76 Å². The number of alkyl halides is 2. The lowest BCUT2D eigenvalue weighted by Crippen LogP contribution is -2.27. The van der Waals surface area contributed by atoms with Crippen LogP contribution in [0.5, 0.6) is 0 Å². The molecule has 0 aromatic heterocycles. The van der Waals surface area contributed by atoms with Gasteiger partial charge in [0.1, 0.15) is 0 Å². The predicted octanol–water partition coefficient (Wildman–Crippen LogP) is 1.65. The number of rotatable bonds is 7. The Balaban J connectivity index is 3.24. The fourth-order valence-corrected chi connectivity index (χ4v) is 2.36. The van der Waals surface area contributed by atoms with Crippen LogP contribution >= 0.6 is 0 Å². The van der Waals surface area contributed by atoms with E-state index in [1.807, 2.05) is 0 Å². The number of carbonyl (C=O) groups excluding carboxylic acids is 1. The molecule has 0 aliphatic rings. The number of sulfone groups is 1. The molecule has 0 heterocycles. The van der Waals surface area contributed by atoms with Gasteiger partial charge in [-0.25, -0.2) is 8.42 Å². The Kier molecular flexibility index (Phi) is 6.24. The maximum Gasteiger partial charge on any atom is 0.341 e. The van der Waals surface area contributed by atoms with Crippen LogP contribution in [0.25, 0.3) is 0 Å². The lowest BCUT2D eigenvalue weighted by Gasteiger charge is -2.16. The second kappa shape index (κ2) is 7.50. The van der Waals surface area contributed by atoms with Crippen molar-refractivity contribution in [2.24, 2.45) is 11.7 Å². The van der Waals surface area contributed by atoms with Crippen molar-refractivity contribution in [3.63, 3.8) is 0 Å². The molecule has 1 aromatic carbocycles. The lowest BCUT2D eigenvalue weighted by molar-refractivity contribution is -0.119. The molecule has 1 unspecified atom stereocenters. The van der Waals surface area contributed by atoms with E-state index in [9.17, 15) is 22.0 Å². The number of carbonyl (C=O) groups is 1. The molecule has 124 valence electrons. The predicted molar refractivity (Wildman–Crippen MR) is 80.6 cm³/mol. The molecule has 22 heavy (non-hydrogen) atoms. The molecule has 0 saturated heterocycles. The fourth-order valence-electron chi connectivity index (χ4n) is 1.61. The molecule has 0 aliphatic carbocycles. The number of nitrogens with two attached hydrogens (primary N) is 1. The molecule has 9 heteroatoms. The third kappa shape index (κ3) is 4.14. The Morgan fingerprint density at radius 1 is 1.32 bits per heavy atom. The number of hydrogen-bond acceptors (Lipinski definition) is 5. The average Bonchev–Trinajstić information content (AvgIpc) is 2.47. The van der Waals surface area contributed by atoms with Crippen LogP contribution in [0, 0.1) is 5.92 Å². The topological polar surface area (TPSA) is 101 Å². The summed E-state index contributed by atoms with van der Waals surface area (Å²) in [7, 11) is -4.73. The van der Waals surface area contributed by atoms with E-state index in [1.165, 1.54) is 6.07 Å². The van der Waals surface area contributed by atoms with Gasteiger partial charge in [-0.05, 0) is 25.1 Å². The Labute approximate surface area is 128 Å². The summed E-state index contributed by atoms with van der Waals surface area (Å²) >= 11 is 0. The molecule has 0 spiro atoms. The largest absolute Gasteiger partial charge is 0.384 e. The molecule has 0 saturated carbocycles. The van der Waals surface area contributed by atoms with Gasteiger partial charge in [0.25, 0.3) is 0 Å². The number of anilines is 2. The standard InChI is InChI=1S/C13H19F2N3O3S/c1-3-17-10-5-4-9(22(20,21)13(14)15)6-11(10)18-12(19)8(2)7-16/h4-6,8,13,17H,3,7,16H2,1-2H3,(H,18,19). The van der Waals surface area contributed by atoms with E-state index in [-0.39, 0.29) is 12.2 Å². The first-order valence-corrected chi connectivity index (χ1v) is 8.19. The van der Waals surface area contributed by atoms with Gasteiger partial charge < -0.3 is 16.4 Å². The summed E-state index contributed by atoms with van der Waals surface area (Å²) in [4.78, 5) is 11.3. The average molecular weight is 335 g/mol. The van der Waals surface area contributed by atoms with Crippen LogP contribution in [0.4, 0.5) is 20.2 Å². The van der Waals surface area contributed by atoms with Gasteiger partial charge in [-0.3, -0.25) is 4.79 Å². The molecule has 1 atom stereocenters. The summed E-state index contributed by atoms with van der Waals surface area (Å²) in [6.07, 6.45) is 0.